The van der Waals surface area contributed by atoms with Gasteiger partial charge in [0.2, 0.25) is 0 Å². The third kappa shape index (κ3) is 3.00. The molecule has 3 aromatic rings. The van der Waals surface area contributed by atoms with Gasteiger partial charge in [-0.05, 0) is 45.4 Å². The quantitative estimate of drug-likeness (QED) is 0.681. The van der Waals surface area contributed by atoms with E-state index in [1.807, 2.05) is 53.9 Å². The van der Waals surface area contributed by atoms with Gasteiger partial charge >= 0.3 is 0 Å². The summed E-state index contributed by atoms with van der Waals surface area (Å²) in [5, 5.41) is 0.469. The fourth-order valence-electron chi connectivity index (χ4n) is 2.53. The van der Waals surface area contributed by atoms with Crippen molar-refractivity contribution < 1.29 is 0 Å². The number of aromatic nitrogens is 4. The second-order valence-electron chi connectivity index (χ2n) is 5.87. The first-order chi connectivity index (χ1) is 11.5. The molecule has 0 aliphatic rings. The molecule has 1 aromatic carbocycles. The minimum atomic E-state index is -0.149. The first kappa shape index (κ1) is 16.5. The summed E-state index contributed by atoms with van der Waals surface area (Å²) in [6.07, 6.45) is 1.58. The highest BCUT2D eigenvalue weighted by molar-refractivity contribution is 7.71. The van der Waals surface area contributed by atoms with Crippen LogP contribution in [0.1, 0.15) is 5.82 Å². The van der Waals surface area contributed by atoms with Crippen molar-refractivity contribution >= 4 is 23.3 Å². The molecule has 0 atom stereocenters. The van der Waals surface area contributed by atoms with Crippen LogP contribution < -0.4 is 5.56 Å². The van der Waals surface area contributed by atoms with E-state index in [2.05, 4.69) is 9.97 Å². The van der Waals surface area contributed by atoms with Gasteiger partial charge in [0.15, 0.2) is 10.4 Å². The molecule has 6 nitrogen and oxygen atoms in total. The van der Waals surface area contributed by atoms with Crippen molar-refractivity contribution in [3.8, 4) is 5.69 Å². The van der Waals surface area contributed by atoms with Gasteiger partial charge in [0.1, 0.15) is 11.2 Å². The lowest BCUT2D eigenvalue weighted by atomic mass is 10.3. The van der Waals surface area contributed by atoms with Gasteiger partial charge in [-0.25, -0.2) is 9.97 Å². The van der Waals surface area contributed by atoms with E-state index in [9.17, 15) is 4.79 Å². The molecule has 0 aliphatic heterocycles. The molecular formula is C17H19N5OS. The largest absolute Gasteiger partial charge is 0.308 e. The number of hydrogen-bond donors (Lipinski definition) is 0. The zero-order chi connectivity index (χ0) is 17.3. The van der Waals surface area contributed by atoms with Crippen LogP contribution in [0, 0.1) is 11.7 Å². The van der Waals surface area contributed by atoms with Crippen molar-refractivity contribution in [2.24, 2.45) is 0 Å². The molecule has 0 bridgehead atoms. The molecule has 7 heteroatoms. The summed E-state index contributed by atoms with van der Waals surface area (Å²) in [6.45, 7) is 3.03. The van der Waals surface area contributed by atoms with Crippen LogP contribution in [0.4, 0.5) is 0 Å². The molecule has 2 aromatic heterocycles. The Hall–Kier alpha value is -2.38. The highest BCUT2D eigenvalue weighted by Gasteiger charge is 2.14. The third-order valence-electron chi connectivity index (χ3n) is 3.78. The molecule has 0 saturated heterocycles. The molecule has 0 unspecified atom stereocenters. The van der Waals surface area contributed by atoms with E-state index in [0.29, 0.717) is 28.2 Å². The van der Waals surface area contributed by atoms with Gasteiger partial charge in [0.05, 0.1) is 0 Å². The molecule has 0 amide bonds. The van der Waals surface area contributed by atoms with E-state index in [4.69, 9.17) is 12.2 Å². The molecular weight excluding hydrogens is 322 g/mol. The van der Waals surface area contributed by atoms with Gasteiger partial charge in [-0.15, -0.1) is 0 Å². The summed E-state index contributed by atoms with van der Waals surface area (Å²) in [5.74, 6) is 0.604. The Morgan fingerprint density at radius 3 is 2.58 bits per heavy atom. The number of benzene rings is 1. The van der Waals surface area contributed by atoms with Crippen LogP contribution >= 0.6 is 12.2 Å². The number of hydrogen-bond acceptors (Lipinski definition) is 5. The number of para-hydroxylation sites is 1. The highest BCUT2D eigenvalue weighted by Crippen LogP contribution is 2.15. The van der Waals surface area contributed by atoms with Crippen molar-refractivity contribution in [3.63, 3.8) is 0 Å². The standard InChI is InChI=1S/C17H19N5OS/c1-12-18-11-14-15(19-12)22(13-7-5-4-6-8-13)17(24)21(16(14)23)10-9-20(2)3/h4-8,11H,9-10H2,1-3H3. The summed E-state index contributed by atoms with van der Waals surface area (Å²) in [5.41, 5.74) is 1.28. The molecule has 124 valence electrons. The summed E-state index contributed by atoms with van der Waals surface area (Å²) >= 11 is 5.63. The fourth-order valence-corrected chi connectivity index (χ4v) is 2.90. The van der Waals surface area contributed by atoms with Gasteiger partial charge < -0.3 is 4.90 Å². The lowest BCUT2D eigenvalue weighted by molar-refractivity contribution is 0.378. The Bertz CT molecular complexity index is 992. The van der Waals surface area contributed by atoms with Crippen molar-refractivity contribution in [1.29, 1.82) is 0 Å². The van der Waals surface area contributed by atoms with Crippen LogP contribution in [-0.2, 0) is 6.54 Å². The van der Waals surface area contributed by atoms with E-state index >= 15 is 0 Å². The van der Waals surface area contributed by atoms with E-state index in [-0.39, 0.29) is 5.56 Å². The summed E-state index contributed by atoms with van der Waals surface area (Å²) in [6, 6.07) is 9.72. The molecule has 2 heterocycles. The highest BCUT2D eigenvalue weighted by atomic mass is 32.1. The zero-order valence-corrected chi connectivity index (χ0v) is 14.7. The number of rotatable bonds is 4. The van der Waals surface area contributed by atoms with E-state index < -0.39 is 0 Å². The van der Waals surface area contributed by atoms with E-state index in [0.717, 1.165) is 12.2 Å². The molecule has 0 aliphatic carbocycles. The van der Waals surface area contributed by atoms with Crippen molar-refractivity contribution in [1.82, 2.24) is 24.0 Å². The Kier molecular flexibility index (Phi) is 4.55. The van der Waals surface area contributed by atoms with Gasteiger partial charge in [-0.2, -0.15) is 0 Å². The van der Waals surface area contributed by atoms with Crippen LogP contribution in [0.5, 0.6) is 0 Å². The SMILES string of the molecule is Cc1ncc2c(=O)n(CCN(C)C)c(=S)n(-c3ccccc3)c2n1. The number of fused-ring (bicyclic) bond motifs is 1. The van der Waals surface area contributed by atoms with Crippen LogP contribution in [0.15, 0.2) is 41.3 Å². The van der Waals surface area contributed by atoms with Gasteiger partial charge in [-0.3, -0.25) is 13.9 Å². The molecule has 3 rings (SSSR count). The second kappa shape index (κ2) is 6.62. The number of likely N-dealkylation sites (N-methyl/N-ethyl adjacent to an activating group) is 1. The van der Waals surface area contributed by atoms with Gasteiger partial charge in [-0.1, -0.05) is 18.2 Å². The topological polar surface area (TPSA) is 56.0 Å². The first-order valence-electron chi connectivity index (χ1n) is 7.68. The van der Waals surface area contributed by atoms with E-state index in [1.165, 1.54) is 0 Å². The summed E-state index contributed by atoms with van der Waals surface area (Å²) in [7, 11) is 3.93. The van der Waals surface area contributed by atoms with Gasteiger partial charge in [0.25, 0.3) is 5.56 Å². The normalized spacial score (nSPS) is 11.3. The number of aryl methyl sites for hydroxylation is 1. The maximum atomic E-state index is 12.8. The van der Waals surface area contributed by atoms with Crippen LogP contribution in [0.25, 0.3) is 16.7 Å². The predicted molar refractivity (Wildman–Crippen MR) is 97.3 cm³/mol. The molecule has 0 radical (unpaired) electrons. The maximum Gasteiger partial charge on any atom is 0.265 e. The average Bonchev–Trinajstić information content (AvgIpc) is 2.55. The molecule has 0 N–H and O–H groups in total. The molecule has 0 spiro atoms. The van der Waals surface area contributed by atoms with Crippen LogP contribution in [0.2, 0.25) is 0 Å². The van der Waals surface area contributed by atoms with Gasteiger partial charge in [0, 0.05) is 25.0 Å². The average molecular weight is 341 g/mol. The second-order valence-corrected chi connectivity index (χ2v) is 6.23. The molecule has 0 saturated carbocycles. The Balaban J connectivity index is 2.37. The minimum Gasteiger partial charge on any atom is -0.308 e. The van der Waals surface area contributed by atoms with Crippen molar-refractivity contribution in [2.75, 3.05) is 20.6 Å². The summed E-state index contributed by atoms with van der Waals surface area (Å²) in [4.78, 5) is 23.5. The monoisotopic (exact) mass is 341 g/mol. The van der Waals surface area contributed by atoms with Crippen LogP contribution in [0.3, 0.4) is 0 Å². The predicted octanol–water partition coefficient (Wildman–Crippen LogP) is 2.18. The van der Waals surface area contributed by atoms with Crippen molar-refractivity contribution in [3.05, 3.63) is 57.5 Å². The zero-order valence-electron chi connectivity index (χ0n) is 13.9. The third-order valence-corrected chi connectivity index (χ3v) is 4.19. The van der Waals surface area contributed by atoms with E-state index in [1.54, 1.807) is 17.7 Å². The summed E-state index contributed by atoms with van der Waals surface area (Å²) < 4.78 is 3.90. The number of nitrogens with zero attached hydrogens (tertiary/aromatic N) is 5. The van der Waals surface area contributed by atoms with Crippen LogP contribution in [-0.4, -0.2) is 44.6 Å². The molecule has 0 fully saturated rings. The maximum absolute atomic E-state index is 12.8. The Morgan fingerprint density at radius 1 is 1.21 bits per heavy atom. The Morgan fingerprint density at radius 2 is 1.92 bits per heavy atom. The fraction of sp³-hybridized carbons (Fsp3) is 0.294. The lowest BCUT2D eigenvalue weighted by Gasteiger charge is -2.17. The lowest BCUT2D eigenvalue weighted by Crippen LogP contribution is -2.30. The van der Waals surface area contributed by atoms with Crippen molar-refractivity contribution in [2.45, 2.75) is 13.5 Å². The smallest absolute Gasteiger partial charge is 0.265 e. The minimum absolute atomic E-state index is 0.149. The first-order valence-corrected chi connectivity index (χ1v) is 8.09. The molecule has 24 heavy (non-hydrogen) atoms. The Labute approximate surface area is 145 Å².